The number of aryl methyl sites for hydroxylation is 1. The number of ether oxygens (including phenoxy) is 1. The second-order valence-electron chi connectivity index (χ2n) is 4.90. The molecule has 1 heterocycles. The predicted molar refractivity (Wildman–Crippen MR) is 70.7 cm³/mol. The first-order valence-corrected chi connectivity index (χ1v) is 6.41. The van der Waals surface area contributed by atoms with Crippen LogP contribution in [-0.4, -0.2) is 50.2 Å². The summed E-state index contributed by atoms with van der Waals surface area (Å²) in [5.41, 5.74) is 0.561. The molecule has 19 heavy (non-hydrogen) atoms. The van der Waals surface area contributed by atoms with Gasteiger partial charge in [-0.2, -0.15) is 0 Å². The monoisotopic (exact) mass is 266 g/mol. The van der Waals surface area contributed by atoms with E-state index in [2.05, 4.69) is 10.2 Å². The van der Waals surface area contributed by atoms with Crippen molar-refractivity contribution in [3.05, 3.63) is 35.1 Å². The Kier molecular flexibility index (Phi) is 4.50. The van der Waals surface area contributed by atoms with Crippen molar-refractivity contribution in [1.29, 1.82) is 0 Å². The number of likely N-dealkylation sites (N-methyl/N-ethyl adjacent to an activating group) is 1. The van der Waals surface area contributed by atoms with Crippen molar-refractivity contribution < 1.29 is 13.9 Å². The minimum absolute atomic E-state index is 0.0319. The number of halogens is 1. The molecule has 0 radical (unpaired) electrons. The van der Waals surface area contributed by atoms with Crippen LogP contribution >= 0.6 is 0 Å². The highest BCUT2D eigenvalue weighted by Gasteiger charge is 2.19. The highest BCUT2D eigenvalue weighted by Crippen LogP contribution is 2.11. The first kappa shape index (κ1) is 14.0. The molecule has 0 spiro atoms. The lowest BCUT2D eigenvalue weighted by Crippen LogP contribution is -2.46. The van der Waals surface area contributed by atoms with Crippen molar-refractivity contribution in [2.75, 3.05) is 33.3 Å². The van der Waals surface area contributed by atoms with Gasteiger partial charge in [0.05, 0.1) is 18.3 Å². The van der Waals surface area contributed by atoms with Crippen LogP contribution in [0.1, 0.15) is 15.9 Å². The fraction of sp³-hybridized carbons (Fsp3) is 0.500. The molecule has 2 rings (SSSR count). The second kappa shape index (κ2) is 6.12. The van der Waals surface area contributed by atoms with Crippen LogP contribution in [0.25, 0.3) is 0 Å². The number of benzene rings is 1. The Morgan fingerprint density at radius 3 is 3.11 bits per heavy atom. The lowest BCUT2D eigenvalue weighted by atomic mass is 10.1. The Hall–Kier alpha value is -1.46. The van der Waals surface area contributed by atoms with E-state index in [-0.39, 0.29) is 11.7 Å². The summed E-state index contributed by atoms with van der Waals surface area (Å²) >= 11 is 0. The molecule has 4 nitrogen and oxygen atoms in total. The van der Waals surface area contributed by atoms with Gasteiger partial charge in [-0.1, -0.05) is 12.1 Å². The van der Waals surface area contributed by atoms with Gasteiger partial charge in [-0.25, -0.2) is 4.39 Å². The summed E-state index contributed by atoms with van der Waals surface area (Å²) in [6.45, 7) is 4.38. The highest BCUT2D eigenvalue weighted by molar-refractivity contribution is 5.94. The van der Waals surface area contributed by atoms with Gasteiger partial charge in [0, 0.05) is 19.6 Å². The standard InChI is InChI=1S/C14H19FN2O2/c1-10-4-3-5-12(13(10)15)14(18)16-8-11-9-17(2)6-7-19-11/h3-5,11H,6-9H2,1-2H3,(H,16,18). The Labute approximate surface area is 112 Å². The van der Waals surface area contributed by atoms with Gasteiger partial charge in [0.25, 0.3) is 5.91 Å². The van der Waals surface area contributed by atoms with Crippen molar-refractivity contribution in [1.82, 2.24) is 10.2 Å². The molecule has 1 atom stereocenters. The van der Waals surface area contributed by atoms with Crippen LogP contribution < -0.4 is 5.32 Å². The fourth-order valence-corrected chi connectivity index (χ4v) is 2.11. The maximum absolute atomic E-state index is 13.8. The molecule has 1 aromatic carbocycles. The summed E-state index contributed by atoms with van der Waals surface area (Å²) in [7, 11) is 2.01. The number of hydrogen-bond acceptors (Lipinski definition) is 3. The van der Waals surface area contributed by atoms with Gasteiger partial charge in [0.1, 0.15) is 5.82 Å². The molecule has 1 N–H and O–H groups in total. The number of hydrogen-bond donors (Lipinski definition) is 1. The van der Waals surface area contributed by atoms with Crippen LogP contribution in [0.5, 0.6) is 0 Å². The van der Waals surface area contributed by atoms with Crippen molar-refractivity contribution >= 4 is 5.91 Å². The average molecular weight is 266 g/mol. The SMILES string of the molecule is Cc1cccc(C(=O)NCC2CN(C)CCO2)c1F. The zero-order valence-corrected chi connectivity index (χ0v) is 11.3. The number of rotatable bonds is 3. The minimum Gasteiger partial charge on any atom is -0.374 e. The van der Waals surface area contributed by atoms with E-state index in [9.17, 15) is 9.18 Å². The Morgan fingerprint density at radius 1 is 1.58 bits per heavy atom. The van der Waals surface area contributed by atoms with E-state index in [0.717, 1.165) is 13.1 Å². The minimum atomic E-state index is -0.457. The molecule has 1 aromatic rings. The molecule has 1 aliphatic heterocycles. The van der Waals surface area contributed by atoms with E-state index in [4.69, 9.17) is 4.74 Å². The molecule has 5 heteroatoms. The van der Waals surface area contributed by atoms with E-state index in [1.165, 1.54) is 6.07 Å². The molecule has 1 fully saturated rings. The molecular formula is C14H19FN2O2. The van der Waals surface area contributed by atoms with Crippen molar-refractivity contribution in [3.8, 4) is 0 Å². The maximum Gasteiger partial charge on any atom is 0.254 e. The Morgan fingerprint density at radius 2 is 2.37 bits per heavy atom. The van der Waals surface area contributed by atoms with Crippen LogP contribution in [0.15, 0.2) is 18.2 Å². The third-order valence-electron chi connectivity index (χ3n) is 3.27. The van der Waals surface area contributed by atoms with Crippen molar-refractivity contribution in [2.45, 2.75) is 13.0 Å². The quantitative estimate of drug-likeness (QED) is 0.893. The van der Waals surface area contributed by atoms with Crippen molar-refractivity contribution in [2.24, 2.45) is 0 Å². The Balaban J connectivity index is 1.92. The summed E-state index contributed by atoms with van der Waals surface area (Å²) in [4.78, 5) is 14.1. The predicted octanol–water partition coefficient (Wildman–Crippen LogP) is 1.19. The molecule has 0 aromatic heterocycles. The zero-order chi connectivity index (χ0) is 13.8. The molecule has 1 saturated heterocycles. The van der Waals surface area contributed by atoms with E-state index in [1.807, 2.05) is 7.05 Å². The third kappa shape index (κ3) is 3.52. The van der Waals surface area contributed by atoms with E-state index in [1.54, 1.807) is 19.1 Å². The molecule has 1 unspecified atom stereocenters. The van der Waals surface area contributed by atoms with Crippen LogP contribution in [0.3, 0.4) is 0 Å². The van der Waals surface area contributed by atoms with Gasteiger partial charge < -0.3 is 15.0 Å². The summed E-state index contributed by atoms with van der Waals surface area (Å²) in [6, 6.07) is 4.81. The fourth-order valence-electron chi connectivity index (χ4n) is 2.11. The van der Waals surface area contributed by atoms with Crippen LogP contribution in [0, 0.1) is 12.7 Å². The van der Waals surface area contributed by atoms with Gasteiger partial charge in [-0.15, -0.1) is 0 Å². The molecule has 0 saturated carbocycles. The van der Waals surface area contributed by atoms with Gasteiger partial charge in [0.15, 0.2) is 0 Å². The van der Waals surface area contributed by atoms with Crippen LogP contribution in [0.2, 0.25) is 0 Å². The summed E-state index contributed by atoms with van der Waals surface area (Å²) in [6.07, 6.45) is -0.0319. The normalized spacial score (nSPS) is 20.3. The van der Waals surface area contributed by atoms with E-state index >= 15 is 0 Å². The van der Waals surface area contributed by atoms with Gasteiger partial charge in [0.2, 0.25) is 0 Å². The first-order chi connectivity index (χ1) is 9.08. The van der Waals surface area contributed by atoms with E-state index < -0.39 is 11.7 Å². The number of nitrogens with one attached hydrogen (secondary N) is 1. The maximum atomic E-state index is 13.8. The molecule has 104 valence electrons. The Bertz CT molecular complexity index is 465. The van der Waals surface area contributed by atoms with Gasteiger partial charge >= 0.3 is 0 Å². The van der Waals surface area contributed by atoms with Gasteiger partial charge in [-0.3, -0.25) is 4.79 Å². The molecule has 0 aliphatic carbocycles. The lowest BCUT2D eigenvalue weighted by molar-refractivity contribution is -0.0175. The largest absolute Gasteiger partial charge is 0.374 e. The molecule has 1 aliphatic rings. The number of morpholine rings is 1. The number of nitrogens with zero attached hydrogens (tertiary/aromatic N) is 1. The zero-order valence-electron chi connectivity index (χ0n) is 11.3. The lowest BCUT2D eigenvalue weighted by Gasteiger charge is -2.30. The molecular weight excluding hydrogens is 247 g/mol. The smallest absolute Gasteiger partial charge is 0.254 e. The van der Waals surface area contributed by atoms with Crippen molar-refractivity contribution in [3.63, 3.8) is 0 Å². The topological polar surface area (TPSA) is 41.6 Å². The highest BCUT2D eigenvalue weighted by atomic mass is 19.1. The summed E-state index contributed by atoms with van der Waals surface area (Å²) < 4.78 is 19.3. The van der Waals surface area contributed by atoms with E-state index in [0.29, 0.717) is 18.7 Å². The molecule has 1 amide bonds. The van der Waals surface area contributed by atoms with Gasteiger partial charge in [-0.05, 0) is 25.6 Å². The summed E-state index contributed by atoms with van der Waals surface area (Å²) in [5, 5.41) is 2.73. The first-order valence-electron chi connectivity index (χ1n) is 6.41. The third-order valence-corrected chi connectivity index (χ3v) is 3.27. The van der Waals surface area contributed by atoms with Crippen LogP contribution in [-0.2, 0) is 4.74 Å². The van der Waals surface area contributed by atoms with Crippen LogP contribution in [0.4, 0.5) is 4.39 Å². The summed E-state index contributed by atoms with van der Waals surface area (Å²) in [5.74, 6) is -0.847. The average Bonchev–Trinajstić information content (AvgIpc) is 2.39. The number of carbonyl (C=O) groups is 1. The second-order valence-corrected chi connectivity index (χ2v) is 4.90. The molecule has 0 bridgehead atoms. The number of carbonyl (C=O) groups excluding carboxylic acids is 1. The number of amides is 1.